The zero-order chi connectivity index (χ0) is 23.4. The van der Waals surface area contributed by atoms with E-state index < -0.39 is 23.4 Å². The number of carbonyl (C=O) groups is 1. The van der Waals surface area contributed by atoms with Gasteiger partial charge in [-0.1, -0.05) is 12.1 Å². The minimum atomic E-state index is -1.27. The number of halogens is 1. The van der Waals surface area contributed by atoms with Crippen LogP contribution in [-0.2, 0) is 6.54 Å². The maximum Gasteiger partial charge on any atom is 0.353 e. The van der Waals surface area contributed by atoms with E-state index in [0.717, 1.165) is 0 Å². The van der Waals surface area contributed by atoms with Gasteiger partial charge >= 0.3 is 5.97 Å². The summed E-state index contributed by atoms with van der Waals surface area (Å²) < 4.78 is 33.8. The number of aromatic amines is 1. The topological polar surface area (TPSA) is 107 Å². The van der Waals surface area contributed by atoms with Crippen LogP contribution < -0.4 is 15.0 Å². The van der Waals surface area contributed by atoms with E-state index in [-0.39, 0.29) is 46.5 Å². The molecule has 0 saturated carbocycles. The molecule has 2 N–H and O–H groups in total. The number of hydrogen-bond acceptors (Lipinski definition) is 5. The Morgan fingerprint density at radius 2 is 2.00 bits per heavy atom. The highest BCUT2D eigenvalue weighted by Crippen LogP contribution is 2.40. The second kappa shape index (κ2) is 7.51. The second-order valence-corrected chi connectivity index (χ2v) is 7.97. The summed E-state index contributed by atoms with van der Waals surface area (Å²) in [4.78, 5) is 27.9. The van der Waals surface area contributed by atoms with Crippen LogP contribution in [0.2, 0.25) is 0 Å². The van der Waals surface area contributed by atoms with Crippen molar-refractivity contribution >= 4 is 27.8 Å². The SMILES string of the molecule is O=C(O)c1c(-c2ccc[nH]c2=O)c2c3occc3c(F)cc2n1CC1COc2ccccc2O1. The molecular formula is C25H17FN2O6. The van der Waals surface area contributed by atoms with E-state index in [1.54, 1.807) is 24.3 Å². The van der Waals surface area contributed by atoms with E-state index in [4.69, 9.17) is 13.9 Å². The fourth-order valence-electron chi connectivity index (χ4n) is 4.55. The Morgan fingerprint density at radius 1 is 1.18 bits per heavy atom. The molecule has 9 heteroatoms. The molecule has 6 rings (SSSR count). The number of fused-ring (bicyclic) bond motifs is 4. The lowest BCUT2D eigenvalue weighted by Gasteiger charge is -2.27. The quantitative estimate of drug-likeness (QED) is 0.411. The van der Waals surface area contributed by atoms with Gasteiger partial charge in [0.05, 0.1) is 34.7 Å². The van der Waals surface area contributed by atoms with Crippen LogP contribution in [0.5, 0.6) is 11.5 Å². The van der Waals surface area contributed by atoms with Gasteiger partial charge in [0.25, 0.3) is 5.56 Å². The Kier molecular flexibility index (Phi) is 4.44. The van der Waals surface area contributed by atoms with Crippen LogP contribution in [0.3, 0.4) is 0 Å². The lowest BCUT2D eigenvalue weighted by atomic mass is 10.0. The standard InChI is InChI=1S/C25H17FN2O6/c26-16-10-17-21(23-14(16)7-9-32-23)20(15-4-3-8-27-24(15)29)22(25(30)31)28(17)11-13-12-33-18-5-1-2-6-19(18)34-13/h1-10,13H,11-12H2,(H,27,29)(H,30,31). The minimum Gasteiger partial charge on any atom is -0.486 e. The molecule has 0 amide bonds. The van der Waals surface area contributed by atoms with Gasteiger partial charge in [0.15, 0.2) is 17.6 Å². The summed E-state index contributed by atoms with van der Waals surface area (Å²) in [5.41, 5.74) is 0.0935. The fraction of sp³-hybridized carbons (Fsp3) is 0.120. The van der Waals surface area contributed by atoms with Crippen molar-refractivity contribution < 1.29 is 28.2 Å². The van der Waals surface area contributed by atoms with E-state index in [0.29, 0.717) is 16.9 Å². The van der Waals surface area contributed by atoms with Crippen molar-refractivity contribution in [2.75, 3.05) is 6.61 Å². The highest BCUT2D eigenvalue weighted by molar-refractivity contribution is 6.17. The van der Waals surface area contributed by atoms with Crippen molar-refractivity contribution in [1.82, 2.24) is 9.55 Å². The Balaban J connectivity index is 1.62. The smallest absolute Gasteiger partial charge is 0.353 e. The van der Waals surface area contributed by atoms with Gasteiger partial charge in [0.2, 0.25) is 0 Å². The van der Waals surface area contributed by atoms with Crippen molar-refractivity contribution in [3.63, 3.8) is 0 Å². The highest BCUT2D eigenvalue weighted by Gasteiger charge is 2.31. The molecule has 3 aromatic heterocycles. The maximum absolute atomic E-state index is 15.0. The van der Waals surface area contributed by atoms with Gasteiger partial charge in [-0.3, -0.25) is 4.79 Å². The number of pyridine rings is 1. The fourth-order valence-corrected chi connectivity index (χ4v) is 4.55. The zero-order valence-corrected chi connectivity index (χ0v) is 17.6. The molecule has 4 heterocycles. The number of carboxylic acids is 1. The number of rotatable bonds is 4. The third kappa shape index (κ3) is 2.97. The Morgan fingerprint density at radius 3 is 2.79 bits per heavy atom. The average molecular weight is 460 g/mol. The van der Waals surface area contributed by atoms with Crippen molar-refractivity contribution in [3.05, 3.63) is 82.9 Å². The average Bonchev–Trinajstić information content (AvgIpc) is 3.43. The molecule has 0 radical (unpaired) electrons. The predicted molar refractivity (Wildman–Crippen MR) is 121 cm³/mol. The highest BCUT2D eigenvalue weighted by atomic mass is 19.1. The molecule has 1 unspecified atom stereocenters. The van der Waals surface area contributed by atoms with Crippen molar-refractivity contribution in [2.45, 2.75) is 12.6 Å². The summed E-state index contributed by atoms with van der Waals surface area (Å²) in [6.07, 6.45) is 2.23. The Bertz CT molecular complexity index is 1650. The maximum atomic E-state index is 15.0. The van der Waals surface area contributed by atoms with Gasteiger partial charge < -0.3 is 28.5 Å². The van der Waals surface area contributed by atoms with E-state index in [9.17, 15) is 19.1 Å². The van der Waals surface area contributed by atoms with Crippen LogP contribution in [0.25, 0.3) is 33.0 Å². The molecule has 170 valence electrons. The Labute approximate surface area is 190 Å². The third-order valence-electron chi connectivity index (χ3n) is 5.96. The molecule has 0 aliphatic carbocycles. The second-order valence-electron chi connectivity index (χ2n) is 7.97. The van der Waals surface area contributed by atoms with Crippen LogP contribution in [0, 0.1) is 5.82 Å². The summed E-state index contributed by atoms with van der Waals surface area (Å²) in [6, 6.07) is 13.0. The van der Waals surface area contributed by atoms with Gasteiger partial charge in [-0.2, -0.15) is 0 Å². The number of furan rings is 1. The minimum absolute atomic E-state index is 0.0445. The third-order valence-corrected chi connectivity index (χ3v) is 5.96. The first-order valence-corrected chi connectivity index (χ1v) is 10.5. The van der Waals surface area contributed by atoms with Crippen LogP contribution in [-0.4, -0.2) is 33.3 Å². The number of benzene rings is 2. The monoisotopic (exact) mass is 460 g/mol. The number of nitrogens with zero attached hydrogens (tertiary/aromatic N) is 1. The molecule has 0 saturated heterocycles. The summed E-state index contributed by atoms with van der Waals surface area (Å²) >= 11 is 0. The largest absolute Gasteiger partial charge is 0.486 e. The molecule has 0 spiro atoms. The molecule has 0 fully saturated rings. The zero-order valence-electron chi connectivity index (χ0n) is 17.6. The molecule has 2 aromatic carbocycles. The first kappa shape index (κ1) is 20.1. The van der Waals surface area contributed by atoms with Crippen LogP contribution in [0.4, 0.5) is 4.39 Å². The summed E-state index contributed by atoms with van der Waals surface area (Å²) in [7, 11) is 0. The van der Waals surface area contributed by atoms with E-state index in [2.05, 4.69) is 4.98 Å². The Hall–Kier alpha value is -4.53. The first-order chi connectivity index (χ1) is 16.5. The molecule has 1 atom stereocenters. The molecule has 5 aromatic rings. The lowest BCUT2D eigenvalue weighted by Crippen LogP contribution is -2.34. The van der Waals surface area contributed by atoms with Crippen molar-refractivity contribution in [2.24, 2.45) is 0 Å². The predicted octanol–water partition coefficient (Wildman–Crippen LogP) is 4.42. The van der Waals surface area contributed by atoms with Gasteiger partial charge in [-0.05, 0) is 36.4 Å². The number of ether oxygens (including phenoxy) is 2. The number of hydrogen-bond donors (Lipinski definition) is 2. The number of aromatic carboxylic acids is 1. The first-order valence-electron chi connectivity index (χ1n) is 10.5. The van der Waals surface area contributed by atoms with Crippen molar-refractivity contribution in [3.8, 4) is 22.6 Å². The van der Waals surface area contributed by atoms with Crippen LogP contribution in [0.1, 0.15) is 10.5 Å². The molecule has 0 bridgehead atoms. The van der Waals surface area contributed by atoms with Crippen molar-refractivity contribution in [1.29, 1.82) is 0 Å². The molecule has 8 nitrogen and oxygen atoms in total. The van der Waals surface area contributed by atoms with Crippen LogP contribution in [0.15, 0.2) is 70.2 Å². The molecule has 34 heavy (non-hydrogen) atoms. The summed E-state index contributed by atoms with van der Waals surface area (Å²) in [5.74, 6) is -0.709. The van der Waals surface area contributed by atoms with E-state index >= 15 is 0 Å². The van der Waals surface area contributed by atoms with Gasteiger partial charge in [-0.15, -0.1) is 0 Å². The summed E-state index contributed by atoms with van der Waals surface area (Å²) in [5, 5.41) is 10.8. The van der Waals surface area contributed by atoms with Gasteiger partial charge in [0.1, 0.15) is 23.7 Å². The molecular weight excluding hydrogens is 443 g/mol. The number of nitrogens with one attached hydrogen (secondary N) is 1. The molecule has 1 aliphatic heterocycles. The van der Waals surface area contributed by atoms with E-state index in [1.807, 2.05) is 6.07 Å². The summed E-state index contributed by atoms with van der Waals surface area (Å²) in [6.45, 7) is 0.214. The number of para-hydroxylation sites is 2. The normalized spacial score (nSPS) is 15.1. The lowest BCUT2D eigenvalue weighted by molar-refractivity contribution is 0.0656. The van der Waals surface area contributed by atoms with Crippen LogP contribution >= 0.6 is 0 Å². The number of carboxylic acid groups (broad SMARTS) is 1. The number of aromatic nitrogens is 2. The number of H-pyrrole nitrogens is 1. The van der Waals surface area contributed by atoms with E-state index in [1.165, 1.54) is 35.2 Å². The van der Waals surface area contributed by atoms with Gasteiger partial charge in [-0.25, -0.2) is 9.18 Å². The van der Waals surface area contributed by atoms with Gasteiger partial charge in [0, 0.05) is 11.8 Å². The molecule has 1 aliphatic rings.